The number of nitrogens with zero attached hydrogens (tertiary/aromatic N) is 2. The number of benzene rings is 2. The average molecular weight is 366 g/mol. The minimum Gasteiger partial charge on any atom is -0.497 e. The van der Waals surface area contributed by atoms with Crippen LogP contribution in [0.5, 0.6) is 5.75 Å². The van der Waals surface area contributed by atoms with E-state index >= 15 is 0 Å². The van der Waals surface area contributed by atoms with Crippen molar-refractivity contribution in [3.8, 4) is 5.75 Å². The van der Waals surface area contributed by atoms with Crippen LogP contribution in [0.15, 0.2) is 42.5 Å². The van der Waals surface area contributed by atoms with Gasteiger partial charge in [-0.1, -0.05) is 24.3 Å². The molecule has 0 aliphatic carbocycles. The molecule has 1 heterocycles. The summed E-state index contributed by atoms with van der Waals surface area (Å²) in [5.74, 6) is 0.505. The van der Waals surface area contributed by atoms with Gasteiger partial charge in [-0.3, -0.25) is 9.59 Å². The van der Waals surface area contributed by atoms with Crippen LogP contribution in [0.4, 0.5) is 5.69 Å². The van der Waals surface area contributed by atoms with E-state index in [0.29, 0.717) is 13.1 Å². The van der Waals surface area contributed by atoms with E-state index in [0.717, 1.165) is 28.1 Å². The molecule has 0 saturated carbocycles. The highest BCUT2D eigenvalue weighted by atomic mass is 16.5. The van der Waals surface area contributed by atoms with Crippen LogP contribution in [0.2, 0.25) is 0 Å². The molecule has 2 aromatic carbocycles. The van der Waals surface area contributed by atoms with Gasteiger partial charge in [0, 0.05) is 32.2 Å². The molecular weight excluding hydrogens is 340 g/mol. The van der Waals surface area contributed by atoms with E-state index in [2.05, 4.69) is 0 Å². The van der Waals surface area contributed by atoms with Gasteiger partial charge < -0.3 is 14.5 Å². The van der Waals surface area contributed by atoms with Gasteiger partial charge in [0.1, 0.15) is 5.75 Å². The zero-order chi connectivity index (χ0) is 19.6. The van der Waals surface area contributed by atoms with Gasteiger partial charge in [-0.25, -0.2) is 0 Å². The Bertz CT molecular complexity index is 845. The molecule has 5 heteroatoms. The fraction of sp³-hybridized carbons (Fsp3) is 0.364. The molecule has 0 bridgehead atoms. The van der Waals surface area contributed by atoms with Crippen molar-refractivity contribution in [3.63, 3.8) is 0 Å². The fourth-order valence-corrected chi connectivity index (χ4v) is 3.53. The topological polar surface area (TPSA) is 49.9 Å². The number of anilines is 1. The van der Waals surface area contributed by atoms with Gasteiger partial charge in [-0.2, -0.15) is 0 Å². The predicted octanol–water partition coefficient (Wildman–Crippen LogP) is 3.32. The van der Waals surface area contributed by atoms with E-state index in [1.165, 1.54) is 0 Å². The molecule has 0 N–H and O–H groups in total. The van der Waals surface area contributed by atoms with Crippen molar-refractivity contribution in [1.29, 1.82) is 0 Å². The molecule has 1 aliphatic rings. The fourth-order valence-electron chi connectivity index (χ4n) is 3.53. The maximum absolute atomic E-state index is 12.9. The molecule has 0 aromatic heterocycles. The summed E-state index contributed by atoms with van der Waals surface area (Å²) in [6, 6.07) is 13.6. The quantitative estimate of drug-likeness (QED) is 0.816. The monoisotopic (exact) mass is 366 g/mol. The van der Waals surface area contributed by atoms with Crippen molar-refractivity contribution in [2.45, 2.75) is 26.8 Å². The molecule has 1 atom stereocenters. The van der Waals surface area contributed by atoms with Crippen molar-refractivity contribution >= 4 is 17.5 Å². The van der Waals surface area contributed by atoms with E-state index in [1.54, 1.807) is 24.0 Å². The van der Waals surface area contributed by atoms with Crippen molar-refractivity contribution in [2.24, 2.45) is 5.92 Å². The summed E-state index contributed by atoms with van der Waals surface area (Å²) >= 11 is 0. The minimum atomic E-state index is -0.305. The Balaban J connectivity index is 1.68. The van der Waals surface area contributed by atoms with E-state index < -0.39 is 0 Å². The summed E-state index contributed by atoms with van der Waals surface area (Å²) in [6.07, 6.45) is 0.263. The lowest BCUT2D eigenvalue weighted by molar-refractivity contribution is -0.135. The van der Waals surface area contributed by atoms with Gasteiger partial charge in [0.05, 0.1) is 13.0 Å². The second-order valence-electron chi connectivity index (χ2n) is 7.17. The number of carbonyl (C=O) groups excluding carboxylic acids is 2. The highest BCUT2D eigenvalue weighted by Crippen LogP contribution is 2.30. The van der Waals surface area contributed by atoms with Crippen LogP contribution in [-0.2, 0) is 16.1 Å². The van der Waals surface area contributed by atoms with Gasteiger partial charge in [0.15, 0.2) is 0 Å². The summed E-state index contributed by atoms with van der Waals surface area (Å²) in [5.41, 5.74) is 4.17. The number of rotatable bonds is 5. The van der Waals surface area contributed by atoms with Gasteiger partial charge >= 0.3 is 0 Å². The molecule has 2 aromatic rings. The largest absolute Gasteiger partial charge is 0.497 e. The molecule has 1 aliphatic heterocycles. The Kier molecular flexibility index (Phi) is 5.49. The maximum atomic E-state index is 12.9. The zero-order valence-electron chi connectivity index (χ0n) is 16.4. The second kappa shape index (κ2) is 7.82. The Morgan fingerprint density at radius 1 is 1.19 bits per heavy atom. The minimum absolute atomic E-state index is 0.00646. The summed E-state index contributed by atoms with van der Waals surface area (Å²) in [6.45, 7) is 5.00. The molecule has 3 rings (SSSR count). The highest BCUT2D eigenvalue weighted by Gasteiger charge is 2.37. The molecule has 1 fully saturated rings. The van der Waals surface area contributed by atoms with Crippen LogP contribution in [0.25, 0.3) is 0 Å². The standard InChI is InChI=1S/C22H26N2O3/c1-15-6-5-7-20(16(15)2)24-14-18(12-21(24)25)22(26)23(3)13-17-8-10-19(27-4)11-9-17/h5-11,18H,12-14H2,1-4H3. The number of hydrogen-bond donors (Lipinski definition) is 0. The van der Waals surface area contributed by atoms with Crippen molar-refractivity contribution in [2.75, 3.05) is 25.6 Å². The maximum Gasteiger partial charge on any atom is 0.228 e. The lowest BCUT2D eigenvalue weighted by atomic mass is 10.1. The second-order valence-corrected chi connectivity index (χ2v) is 7.17. The van der Waals surface area contributed by atoms with E-state index in [1.807, 2.05) is 56.3 Å². The van der Waals surface area contributed by atoms with Crippen LogP contribution < -0.4 is 9.64 Å². The van der Waals surface area contributed by atoms with Crippen LogP contribution in [-0.4, -0.2) is 37.4 Å². The normalized spacial score (nSPS) is 16.5. The molecule has 2 amide bonds. The number of ether oxygens (including phenoxy) is 1. The molecule has 142 valence electrons. The SMILES string of the molecule is COc1ccc(CN(C)C(=O)C2CC(=O)N(c3cccc(C)c3C)C2)cc1. The first-order valence-electron chi connectivity index (χ1n) is 9.15. The Morgan fingerprint density at radius 3 is 2.56 bits per heavy atom. The molecule has 0 spiro atoms. The van der Waals surface area contributed by atoms with Gasteiger partial charge in [0.25, 0.3) is 0 Å². The third-order valence-electron chi connectivity index (χ3n) is 5.30. The Labute approximate surface area is 160 Å². The summed E-state index contributed by atoms with van der Waals surface area (Å²) in [7, 11) is 3.42. The number of carbonyl (C=O) groups is 2. The van der Waals surface area contributed by atoms with Crippen molar-refractivity contribution in [3.05, 3.63) is 59.2 Å². The van der Waals surface area contributed by atoms with Crippen LogP contribution in [0, 0.1) is 19.8 Å². The van der Waals surface area contributed by atoms with E-state index in [9.17, 15) is 9.59 Å². The third kappa shape index (κ3) is 3.97. The first-order valence-corrected chi connectivity index (χ1v) is 9.15. The first-order chi connectivity index (χ1) is 12.9. The van der Waals surface area contributed by atoms with Gasteiger partial charge in [0.2, 0.25) is 11.8 Å². The Morgan fingerprint density at radius 2 is 1.89 bits per heavy atom. The first kappa shape index (κ1) is 19.0. The van der Waals surface area contributed by atoms with Crippen molar-refractivity contribution in [1.82, 2.24) is 4.90 Å². The van der Waals surface area contributed by atoms with E-state index in [4.69, 9.17) is 4.74 Å². The summed E-state index contributed by atoms with van der Waals surface area (Å²) in [4.78, 5) is 28.9. The molecule has 1 saturated heterocycles. The molecule has 5 nitrogen and oxygen atoms in total. The average Bonchev–Trinajstić information content (AvgIpc) is 3.05. The van der Waals surface area contributed by atoms with Crippen LogP contribution in [0.1, 0.15) is 23.1 Å². The summed E-state index contributed by atoms with van der Waals surface area (Å²) < 4.78 is 5.16. The molecule has 27 heavy (non-hydrogen) atoms. The van der Waals surface area contributed by atoms with Crippen LogP contribution >= 0.6 is 0 Å². The van der Waals surface area contributed by atoms with Crippen molar-refractivity contribution < 1.29 is 14.3 Å². The van der Waals surface area contributed by atoms with Gasteiger partial charge in [-0.05, 0) is 48.7 Å². The molecule has 0 radical (unpaired) electrons. The number of aryl methyl sites for hydroxylation is 1. The predicted molar refractivity (Wildman–Crippen MR) is 106 cm³/mol. The number of amides is 2. The van der Waals surface area contributed by atoms with Gasteiger partial charge in [-0.15, -0.1) is 0 Å². The highest BCUT2D eigenvalue weighted by molar-refractivity contribution is 6.00. The molecule has 1 unspecified atom stereocenters. The summed E-state index contributed by atoms with van der Waals surface area (Å²) in [5, 5.41) is 0. The zero-order valence-corrected chi connectivity index (χ0v) is 16.4. The van der Waals surface area contributed by atoms with Crippen LogP contribution in [0.3, 0.4) is 0 Å². The van der Waals surface area contributed by atoms with E-state index in [-0.39, 0.29) is 24.2 Å². The third-order valence-corrected chi connectivity index (χ3v) is 5.30. The number of hydrogen-bond acceptors (Lipinski definition) is 3. The Hall–Kier alpha value is -2.82. The lowest BCUT2D eigenvalue weighted by Gasteiger charge is -2.23. The lowest BCUT2D eigenvalue weighted by Crippen LogP contribution is -2.34. The number of methoxy groups -OCH3 is 1. The smallest absolute Gasteiger partial charge is 0.228 e. The molecular formula is C22H26N2O3.